The highest BCUT2D eigenvalue weighted by Gasteiger charge is 2.27. The van der Waals surface area contributed by atoms with Crippen molar-refractivity contribution in [1.29, 1.82) is 0 Å². The quantitative estimate of drug-likeness (QED) is 0.899. The number of nitrogens with one attached hydrogen (secondary N) is 1. The average molecular weight is 291 g/mol. The van der Waals surface area contributed by atoms with Gasteiger partial charge in [-0.05, 0) is 17.0 Å². The third-order valence-corrected chi connectivity index (χ3v) is 3.00. The fourth-order valence-electron chi connectivity index (χ4n) is 1.33. The van der Waals surface area contributed by atoms with Crippen molar-refractivity contribution in [2.45, 2.75) is 33.4 Å². The Morgan fingerprint density at radius 1 is 1.39 bits per heavy atom. The Labute approximate surface area is 119 Å². The zero-order valence-corrected chi connectivity index (χ0v) is 12.4. The lowest BCUT2D eigenvalue weighted by atomic mass is 9.87. The van der Waals surface area contributed by atoms with Crippen LogP contribution in [0.4, 0.5) is 0 Å². The van der Waals surface area contributed by atoms with Gasteiger partial charge in [-0.15, -0.1) is 12.4 Å². The van der Waals surface area contributed by atoms with E-state index in [0.717, 1.165) is 5.56 Å². The lowest BCUT2D eigenvalue weighted by Gasteiger charge is -2.25. The van der Waals surface area contributed by atoms with E-state index in [0.29, 0.717) is 11.6 Å². The number of hydrogen-bond donors (Lipinski definition) is 2. The number of amides is 1. The van der Waals surface area contributed by atoms with Crippen molar-refractivity contribution < 1.29 is 4.79 Å². The number of nitrogens with two attached hydrogens (primary N) is 1. The van der Waals surface area contributed by atoms with Gasteiger partial charge in [-0.2, -0.15) is 0 Å². The number of rotatable bonds is 3. The molecule has 18 heavy (non-hydrogen) atoms. The van der Waals surface area contributed by atoms with E-state index in [4.69, 9.17) is 17.3 Å². The molecule has 102 valence electrons. The summed E-state index contributed by atoms with van der Waals surface area (Å²) in [5, 5.41) is 3.45. The van der Waals surface area contributed by atoms with Gasteiger partial charge in [-0.25, -0.2) is 0 Å². The molecule has 5 heteroatoms. The molecule has 1 aromatic rings. The molecular weight excluding hydrogens is 271 g/mol. The monoisotopic (exact) mass is 290 g/mol. The summed E-state index contributed by atoms with van der Waals surface area (Å²) >= 11 is 5.99. The van der Waals surface area contributed by atoms with Crippen LogP contribution in [0, 0.1) is 5.41 Å². The Kier molecular flexibility index (Phi) is 6.68. The first kappa shape index (κ1) is 17.2. The Morgan fingerprint density at radius 3 is 2.44 bits per heavy atom. The summed E-state index contributed by atoms with van der Waals surface area (Å²) in [5.41, 5.74) is 6.50. The van der Waals surface area contributed by atoms with Crippen molar-refractivity contribution in [3.63, 3.8) is 0 Å². The van der Waals surface area contributed by atoms with E-state index in [2.05, 4.69) is 5.32 Å². The first-order valence-electron chi connectivity index (χ1n) is 5.59. The molecule has 0 bridgehead atoms. The minimum absolute atomic E-state index is 0. The smallest absolute Gasteiger partial charge is 0.237 e. The maximum Gasteiger partial charge on any atom is 0.237 e. The summed E-state index contributed by atoms with van der Waals surface area (Å²) in [5.74, 6) is -0.155. The van der Waals surface area contributed by atoms with Crippen molar-refractivity contribution in [3.8, 4) is 0 Å². The summed E-state index contributed by atoms with van der Waals surface area (Å²) in [4.78, 5) is 11.8. The number of halogens is 2. The molecule has 3 nitrogen and oxygen atoms in total. The van der Waals surface area contributed by atoms with Gasteiger partial charge >= 0.3 is 0 Å². The molecule has 0 spiro atoms. The standard InChI is InChI=1S/C13H19ClN2O.ClH/c1-13(2,3)11(15)12(17)16-8-9-6-4-5-7-10(9)14;/h4-7,11H,8,15H2,1-3H3,(H,16,17);1H/t11-;/m1./s1. The molecule has 0 aromatic heterocycles. The topological polar surface area (TPSA) is 55.1 Å². The van der Waals surface area contributed by atoms with Crippen molar-refractivity contribution in [3.05, 3.63) is 34.9 Å². The van der Waals surface area contributed by atoms with E-state index in [9.17, 15) is 4.79 Å². The van der Waals surface area contributed by atoms with Gasteiger partial charge in [0.15, 0.2) is 0 Å². The first-order chi connectivity index (χ1) is 7.82. The molecule has 1 atom stereocenters. The van der Waals surface area contributed by atoms with Gasteiger partial charge in [0.1, 0.15) is 0 Å². The molecule has 1 aromatic carbocycles. The maximum absolute atomic E-state index is 11.8. The molecule has 0 fully saturated rings. The van der Waals surface area contributed by atoms with Crippen molar-refractivity contribution in [2.75, 3.05) is 0 Å². The SMILES string of the molecule is CC(C)(C)[C@H](N)C(=O)NCc1ccccc1Cl.Cl. The summed E-state index contributed by atoms with van der Waals surface area (Å²) < 4.78 is 0. The van der Waals surface area contributed by atoms with Crippen LogP contribution in [0.25, 0.3) is 0 Å². The Hall–Kier alpha value is -0.770. The maximum atomic E-state index is 11.8. The zero-order valence-electron chi connectivity index (χ0n) is 10.9. The van der Waals surface area contributed by atoms with Gasteiger partial charge in [-0.1, -0.05) is 50.6 Å². The fourth-order valence-corrected chi connectivity index (χ4v) is 1.53. The molecule has 1 rings (SSSR count). The minimum atomic E-state index is -0.523. The fraction of sp³-hybridized carbons (Fsp3) is 0.462. The molecule has 0 aliphatic rings. The van der Waals surface area contributed by atoms with Crippen LogP contribution in [0.1, 0.15) is 26.3 Å². The number of carbonyl (C=O) groups is 1. The second kappa shape index (κ2) is 6.98. The Balaban J connectivity index is 0.00000289. The van der Waals surface area contributed by atoms with Crippen LogP contribution in [-0.2, 0) is 11.3 Å². The summed E-state index contributed by atoms with van der Waals surface area (Å²) in [6.45, 7) is 6.22. The Morgan fingerprint density at radius 2 is 1.94 bits per heavy atom. The average Bonchev–Trinajstić information content (AvgIpc) is 2.25. The molecule has 0 radical (unpaired) electrons. The Bertz CT molecular complexity index is 402. The lowest BCUT2D eigenvalue weighted by molar-refractivity contribution is -0.124. The van der Waals surface area contributed by atoms with Crippen molar-refractivity contribution in [2.24, 2.45) is 11.1 Å². The summed E-state index contributed by atoms with van der Waals surface area (Å²) in [6, 6.07) is 6.90. The van der Waals surface area contributed by atoms with Gasteiger partial charge in [0.25, 0.3) is 0 Å². The second-order valence-corrected chi connectivity index (χ2v) is 5.56. The van der Waals surface area contributed by atoms with Gasteiger partial charge in [0.05, 0.1) is 6.04 Å². The number of benzene rings is 1. The molecule has 0 heterocycles. The van der Waals surface area contributed by atoms with Crippen LogP contribution in [0.2, 0.25) is 5.02 Å². The van der Waals surface area contributed by atoms with E-state index in [1.807, 2.05) is 39.0 Å². The van der Waals surface area contributed by atoms with Gasteiger partial charge in [-0.3, -0.25) is 4.79 Å². The minimum Gasteiger partial charge on any atom is -0.351 e. The molecule has 0 unspecified atom stereocenters. The van der Waals surface area contributed by atoms with Crippen LogP contribution >= 0.6 is 24.0 Å². The van der Waals surface area contributed by atoms with Crippen LogP contribution in [0.15, 0.2) is 24.3 Å². The third kappa shape index (κ3) is 4.84. The van der Waals surface area contributed by atoms with Crippen LogP contribution < -0.4 is 11.1 Å². The molecule has 0 saturated heterocycles. The van der Waals surface area contributed by atoms with Crippen molar-refractivity contribution in [1.82, 2.24) is 5.32 Å². The third-order valence-electron chi connectivity index (χ3n) is 2.63. The van der Waals surface area contributed by atoms with Crippen molar-refractivity contribution >= 4 is 29.9 Å². The van der Waals surface area contributed by atoms with Gasteiger partial charge in [0.2, 0.25) is 5.91 Å². The van der Waals surface area contributed by atoms with E-state index in [-0.39, 0.29) is 23.7 Å². The predicted molar refractivity (Wildman–Crippen MR) is 78.0 cm³/mol. The summed E-state index contributed by atoms with van der Waals surface area (Å²) in [7, 11) is 0. The normalized spacial score (nSPS) is 12.5. The molecule has 1 amide bonds. The number of carbonyl (C=O) groups excluding carboxylic acids is 1. The van der Waals surface area contributed by atoms with Crippen LogP contribution in [0.5, 0.6) is 0 Å². The second-order valence-electron chi connectivity index (χ2n) is 5.15. The number of hydrogen-bond acceptors (Lipinski definition) is 2. The molecular formula is C13H20Cl2N2O. The first-order valence-corrected chi connectivity index (χ1v) is 5.97. The zero-order chi connectivity index (χ0) is 13.1. The van der Waals surface area contributed by atoms with E-state index < -0.39 is 6.04 Å². The van der Waals surface area contributed by atoms with E-state index in [1.165, 1.54) is 0 Å². The molecule has 0 aliphatic heterocycles. The van der Waals surface area contributed by atoms with Gasteiger partial charge in [0, 0.05) is 11.6 Å². The van der Waals surface area contributed by atoms with E-state index in [1.54, 1.807) is 6.07 Å². The largest absolute Gasteiger partial charge is 0.351 e. The highest BCUT2D eigenvalue weighted by atomic mass is 35.5. The highest BCUT2D eigenvalue weighted by Crippen LogP contribution is 2.18. The highest BCUT2D eigenvalue weighted by molar-refractivity contribution is 6.31. The predicted octanol–water partition coefficient (Wildman–Crippen LogP) is 2.75. The molecule has 3 N–H and O–H groups in total. The summed E-state index contributed by atoms with van der Waals surface area (Å²) in [6.07, 6.45) is 0. The van der Waals surface area contributed by atoms with Crippen LogP contribution in [0.3, 0.4) is 0 Å². The van der Waals surface area contributed by atoms with E-state index >= 15 is 0 Å². The molecule has 0 aliphatic carbocycles. The van der Waals surface area contributed by atoms with Crippen LogP contribution in [-0.4, -0.2) is 11.9 Å². The lowest BCUT2D eigenvalue weighted by Crippen LogP contribution is -2.48. The van der Waals surface area contributed by atoms with Gasteiger partial charge < -0.3 is 11.1 Å². The molecule has 0 saturated carbocycles.